The third-order valence-corrected chi connectivity index (χ3v) is 5.28. The summed E-state index contributed by atoms with van der Waals surface area (Å²) in [6.07, 6.45) is -0.256. The summed E-state index contributed by atoms with van der Waals surface area (Å²) < 4.78 is 5.45. The lowest BCUT2D eigenvalue weighted by atomic mass is 9.90. The third kappa shape index (κ3) is 6.82. The molecule has 6 heteroatoms. The molecule has 0 aromatic heterocycles. The Bertz CT molecular complexity index is 802. The highest BCUT2D eigenvalue weighted by atomic mass is 16.6. The van der Waals surface area contributed by atoms with Gasteiger partial charge in [-0.2, -0.15) is 0 Å². The first kappa shape index (κ1) is 22.8. The van der Waals surface area contributed by atoms with E-state index in [-0.39, 0.29) is 17.9 Å². The van der Waals surface area contributed by atoms with Crippen LogP contribution in [0, 0.1) is 0 Å². The number of nitrogens with zero attached hydrogens (tertiary/aromatic N) is 2. The molecule has 1 aliphatic rings. The second kappa shape index (κ2) is 10.4. The number of amides is 2. The molecule has 2 amide bonds. The van der Waals surface area contributed by atoms with Crippen molar-refractivity contribution in [1.82, 2.24) is 15.1 Å². The van der Waals surface area contributed by atoms with Gasteiger partial charge in [-0.15, -0.1) is 0 Å². The zero-order chi connectivity index (χ0) is 22.3. The molecule has 0 unspecified atom stereocenters. The number of rotatable bonds is 6. The van der Waals surface area contributed by atoms with Crippen LogP contribution in [0.2, 0.25) is 0 Å². The fourth-order valence-corrected chi connectivity index (χ4v) is 3.71. The fourth-order valence-electron chi connectivity index (χ4n) is 3.71. The molecule has 0 aliphatic carbocycles. The van der Waals surface area contributed by atoms with E-state index in [1.165, 1.54) is 0 Å². The van der Waals surface area contributed by atoms with E-state index in [1.54, 1.807) is 4.90 Å². The van der Waals surface area contributed by atoms with Gasteiger partial charge >= 0.3 is 6.09 Å². The summed E-state index contributed by atoms with van der Waals surface area (Å²) in [4.78, 5) is 29.3. The van der Waals surface area contributed by atoms with Gasteiger partial charge < -0.3 is 15.0 Å². The van der Waals surface area contributed by atoms with Gasteiger partial charge in [0.05, 0.1) is 5.92 Å². The average molecular weight is 424 g/mol. The Kier molecular flexibility index (Phi) is 7.69. The van der Waals surface area contributed by atoms with Crippen LogP contribution in [0.25, 0.3) is 0 Å². The number of piperazine rings is 1. The van der Waals surface area contributed by atoms with Gasteiger partial charge in [0.15, 0.2) is 0 Å². The molecule has 3 rings (SSSR count). The largest absolute Gasteiger partial charge is 0.444 e. The van der Waals surface area contributed by atoms with Gasteiger partial charge in [0.25, 0.3) is 0 Å². The lowest BCUT2D eigenvalue weighted by Crippen LogP contribution is -2.51. The van der Waals surface area contributed by atoms with Crippen LogP contribution in [-0.2, 0) is 9.53 Å². The highest BCUT2D eigenvalue weighted by molar-refractivity contribution is 5.87. The molecule has 0 saturated carbocycles. The maximum absolute atomic E-state index is 13.1. The zero-order valence-corrected chi connectivity index (χ0v) is 18.7. The normalized spacial score (nSPS) is 15.0. The van der Waals surface area contributed by atoms with Crippen molar-refractivity contribution in [1.29, 1.82) is 0 Å². The molecule has 0 atom stereocenters. The molecule has 1 heterocycles. The molecule has 0 bridgehead atoms. The van der Waals surface area contributed by atoms with Crippen LogP contribution in [0.5, 0.6) is 0 Å². The number of ether oxygens (including phenoxy) is 1. The minimum absolute atomic E-state index is 0.00444. The second-order valence-corrected chi connectivity index (χ2v) is 8.85. The minimum atomic E-state index is -0.480. The van der Waals surface area contributed by atoms with Crippen LogP contribution in [-0.4, -0.2) is 66.7 Å². The number of carbonyl (C=O) groups excluding carboxylic acids is 2. The molecule has 31 heavy (non-hydrogen) atoms. The molecule has 2 aromatic rings. The monoisotopic (exact) mass is 423 g/mol. The Labute approximate surface area is 185 Å². The van der Waals surface area contributed by atoms with Crippen molar-refractivity contribution in [2.75, 3.05) is 39.3 Å². The SMILES string of the molecule is CC(C)(C)OC(=O)N1CCN(CCNC(=O)C(c2ccccc2)c2ccccc2)CC1. The fraction of sp³-hybridized carbons (Fsp3) is 0.440. The Morgan fingerprint density at radius 1 is 0.903 bits per heavy atom. The van der Waals surface area contributed by atoms with Crippen molar-refractivity contribution in [3.63, 3.8) is 0 Å². The van der Waals surface area contributed by atoms with Crippen LogP contribution in [0.4, 0.5) is 4.79 Å². The topological polar surface area (TPSA) is 61.9 Å². The van der Waals surface area contributed by atoms with Gasteiger partial charge in [0.2, 0.25) is 5.91 Å². The number of benzene rings is 2. The molecular weight excluding hydrogens is 390 g/mol. The van der Waals surface area contributed by atoms with Crippen molar-refractivity contribution in [2.24, 2.45) is 0 Å². The Balaban J connectivity index is 1.50. The summed E-state index contributed by atoms with van der Waals surface area (Å²) in [6, 6.07) is 19.7. The molecule has 1 aliphatic heterocycles. The molecule has 0 radical (unpaired) electrons. The number of nitrogens with one attached hydrogen (secondary N) is 1. The first-order valence-corrected chi connectivity index (χ1v) is 10.9. The van der Waals surface area contributed by atoms with Crippen LogP contribution in [0.3, 0.4) is 0 Å². The van der Waals surface area contributed by atoms with Crippen molar-refractivity contribution in [2.45, 2.75) is 32.3 Å². The van der Waals surface area contributed by atoms with Crippen molar-refractivity contribution in [3.8, 4) is 0 Å². The van der Waals surface area contributed by atoms with Crippen LogP contribution < -0.4 is 5.32 Å². The van der Waals surface area contributed by atoms with E-state index in [4.69, 9.17) is 4.74 Å². The average Bonchev–Trinajstić information content (AvgIpc) is 2.75. The van der Waals surface area contributed by atoms with E-state index in [0.29, 0.717) is 19.6 Å². The van der Waals surface area contributed by atoms with E-state index in [1.807, 2.05) is 81.4 Å². The number of carbonyl (C=O) groups is 2. The standard InChI is InChI=1S/C25H33N3O3/c1-25(2,3)31-24(30)28-18-16-27(17-19-28)15-14-26-23(29)22(20-10-6-4-7-11-20)21-12-8-5-9-13-21/h4-13,22H,14-19H2,1-3H3,(H,26,29). The minimum Gasteiger partial charge on any atom is -0.444 e. The summed E-state index contributed by atoms with van der Waals surface area (Å²) in [5.41, 5.74) is 1.49. The quantitative estimate of drug-likeness (QED) is 0.773. The first-order valence-electron chi connectivity index (χ1n) is 10.9. The maximum Gasteiger partial charge on any atom is 0.410 e. The van der Waals surface area contributed by atoms with Gasteiger partial charge in [0, 0.05) is 39.3 Å². The zero-order valence-electron chi connectivity index (χ0n) is 18.7. The molecular formula is C25H33N3O3. The number of hydrogen-bond donors (Lipinski definition) is 1. The van der Waals surface area contributed by atoms with E-state index in [2.05, 4.69) is 10.2 Å². The summed E-state index contributed by atoms with van der Waals surface area (Å²) >= 11 is 0. The van der Waals surface area contributed by atoms with Crippen LogP contribution in [0.1, 0.15) is 37.8 Å². The summed E-state index contributed by atoms with van der Waals surface area (Å²) in [5.74, 6) is -0.323. The molecule has 2 aromatic carbocycles. The lowest BCUT2D eigenvalue weighted by molar-refractivity contribution is -0.121. The molecule has 1 N–H and O–H groups in total. The van der Waals surface area contributed by atoms with Crippen LogP contribution in [0.15, 0.2) is 60.7 Å². The van der Waals surface area contributed by atoms with Gasteiger partial charge in [-0.1, -0.05) is 60.7 Å². The smallest absolute Gasteiger partial charge is 0.410 e. The van der Waals surface area contributed by atoms with E-state index >= 15 is 0 Å². The predicted octanol–water partition coefficient (Wildman–Crippen LogP) is 3.49. The van der Waals surface area contributed by atoms with Crippen molar-refractivity contribution >= 4 is 12.0 Å². The van der Waals surface area contributed by atoms with Crippen LogP contribution >= 0.6 is 0 Å². The van der Waals surface area contributed by atoms with Gasteiger partial charge in [-0.05, 0) is 31.9 Å². The van der Waals surface area contributed by atoms with Crippen molar-refractivity contribution < 1.29 is 14.3 Å². The lowest BCUT2D eigenvalue weighted by Gasteiger charge is -2.35. The Morgan fingerprint density at radius 2 is 1.42 bits per heavy atom. The number of hydrogen-bond acceptors (Lipinski definition) is 4. The molecule has 1 saturated heterocycles. The summed E-state index contributed by atoms with van der Waals surface area (Å²) in [7, 11) is 0. The third-order valence-electron chi connectivity index (χ3n) is 5.28. The maximum atomic E-state index is 13.1. The van der Waals surface area contributed by atoms with E-state index < -0.39 is 5.60 Å². The van der Waals surface area contributed by atoms with Gasteiger partial charge in [-0.3, -0.25) is 9.69 Å². The van der Waals surface area contributed by atoms with E-state index in [9.17, 15) is 9.59 Å². The summed E-state index contributed by atoms with van der Waals surface area (Å²) in [6.45, 7) is 9.78. The Morgan fingerprint density at radius 3 is 1.90 bits per heavy atom. The highest BCUT2D eigenvalue weighted by Crippen LogP contribution is 2.24. The predicted molar refractivity (Wildman–Crippen MR) is 122 cm³/mol. The second-order valence-electron chi connectivity index (χ2n) is 8.85. The highest BCUT2D eigenvalue weighted by Gasteiger charge is 2.26. The van der Waals surface area contributed by atoms with Gasteiger partial charge in [0.1, 0.15) is 5.60 Å². The first-order chi connectivity index (χ1) is 14.8. The van der Waals surface area contributed by atoms with Crippen molar-refractivity contribution in [3.05, 3.63) is 71.8 Å². The van der Waals surface area contributed by atoms with E-state index in [0.717, 1.165) is 30.8 Å². The molecule has 166 valence electrons. The molecule has 6 nitrogen and oxygen atoms in total. The van der Waals surface area contributed by atoms with Gasteiger partial charge in [-0.25, -0.2) is 4.79 Å². The Hall–Kier alpha value is -2.86. The summed E-state index contributed by atoms with van der Waals surface area (Å²) in [5, 5.41) is 3.11. The molecule has 0 spiro atoms. The molecule has 1 fully saturated rings.